The average Bonchev–Trinajstić information content (AvgIpc) is 3.19. The van der Waals surface area contributed by atoms with Gasteiger partial charge in [-0.05, 0) is 42.3 Å². The Hall–Kier alpha value is -1.38. The topological polar surface area (TPSA) is 23.5 Å². The summed E-state index contributed by atoms with van der Waals surface area (Å²) in [5, 5.41) is 12.0. The lowest BCUT2D eigenvalue weighted by molar-refractivity contribution is 0.161. The molecule has 2 aromatic carbocycles. The molecule has 19 heavy (non-hydrogen) atoms. The molecule has 0 atom stereocenters. The quantitative estimate of drug-likeness (QED) is 0.887. The van der Waals surface area contributed by atoms with Gasteiger partial charge in [0, 0.05) is 25.1 Å². The van der Waals surface area contributed by atoms with Gasteiger partial charge in [0.25, 0.3) is 0 Å². The Morgan fingerprint density at radius 3 is 2.53 bits per heavy atom. The van der Waals surface area contributed by atoms with Crippen molar-refractivity contribution in [2.24, 2.45) is 5.41 Å². The Morgan fingerprint density at radius 2 is 1.84 bits per heavy atom. The molecule has 0 heterocycles. The molecule has 2 heteroatoms. The Morgan fingerprint density at radius 1 is 1.11 bits per heavy atom. The minimum atomic E-state index is 0.200. The number of benzene rings is 2. The maximum absolute atomic E-state index is 9.39. The van der Waals surface area contributed by atoms with Gasteiger partial charge >= 0.3 is 0 Å². The molecule has 0 saturated heterocycles. The highest BCUT2D eigenvalue weighted by Gasteiger charge is 2.42. The second-order valence-corrected chi connectivity index (χ2v) is 6.01. The van der Waals surface area contributed by atoms with E-state index in [0.717, 1.165) is 13.1 Å². The molecule has 0 amide bonds. The maximum atomic E-state index is 9.39. The number of hydrogen-bond donors (Lipinski definition) is 1. The summed E-state index contributed by atoms with van der Waals surface area (Å²) in [5.41, 5.74) is 1.54. The molecule has 0 radical (unpaired) electrons. The zero-order chi connectivity index (χ0) is 13.3. The van der Waals surface area contributed by atoms with Crippen molar-refractivity contribution in [3.8, 4) is 0 Å². The van der Waals surface area contributed by atoms with Crippen LogP contribution in [0.1, 0.15) is 18.4 Å². The van der Waals surface area contributed by atoms with Crippen LogP contribution >= 0.6 is 0 Å². The minimum Gasteiger partial charge on any atom is -0.396 e. The second-order valence-electron chi connectivity index (χ2n) is 6.01. The molecule has 0 spiro atoms. The summed E-state index contributed by atoms with van der Waals surface area (Å²) in [4.78, 5) is 2.33. The van der Waals surface area contributed by atoms with Gasteiger partial charge in [0.05, 0.1) is 0 Å². The molecular formula is C17H21NO. The summed E-state index contributed by atoms with van der Waals surface area (Å²) in [6, 6.07) is 15.1. The fourth-order valence-electron chi connectivity index (χ4n) is 2.82. The van der Waals surface area contributed by atoms with Gasteiger partial charge in [0.2, 0.25) is 0 Å². The van der Waals surface area contributed by atoms with Crippen LogP contribution < -0.4 is 0 Å². The van der Waals surface area contributed by atoms with Gasteiger partial charge in [0.15, 0.2) is 0 Å². The van der Waals surface area contributed by atoms with Crippen LogP contribution in [0, 0.1) is 5.41 Å². The monoisotopic (exact) mass is 255 g/mol. The van der Waals surface area contributed by atoms with E-state index in [0.29, 0.717) is 6.61 Å². The van der Waals surface area contributed by atoms with Gasteiger partial charge in [-0.3, -0.25) is 0 Å². The van der Waals surface area contributed by atoms with E-state index in [9.17, 15) is 5.11 Å². The van der Waals surface area contributed by atoms with Gasteiger partial charge in [0.1, 0.15) is 0 Å². The van der Waals surface area contributed by atoms with E-state index >= 15 is 0 Å². The van der Waals surface area contributed by atoms with Crippen LogP contribution in [-0.2, 0) is 6.54 Å². The van der Waals surface area contributed by atoms with E-state index in [1.165, 1.54) is 29.2 Å². The van der Waals surface area contributed by atoms with Crippen LogP contribution in [0.2, 0.25) is 0 Å². The van der Waals surface area contributed by atoms with Crippen LogP contribution in [0.3, 0.4) is 0 Å². The SMILES string of the molecule is CN(Cc1ccc2ccccc2c1)CC1(CO)CC1. The van der Waals surface area contributed by atoms with Crippen molar-refractivity contribution in [2.75, 3.05) is 20.2 Å². The summed E-state index contributed by atoms with van der Waals surface area (Å²) in [6.07, 6.45) is 2.34. The first kappa shape index (κ1) is 12.6. The Bertz CT molecular complexity index is 574. The Labute approximate surface area is 114 Å². The average molecular weight is 255 g/mol. The Kier molecular flexibility index (Phi) is 3.29. The lowest BCUT2D eigenvalue weighted by Gasteiger charge is -2.22. The molecule has 0 unspecified atom stereocenters. The van der Waals surface area contributed by atoms with Gasteiger partial charge in [-0.2, -0.15) is 0 Å². The third kappa shape index (κ3) is 2.80. The molecule has 1 aliphatic carbocycles. The Balaban J connectivity index is 1.70. The fourth-order valence-corrected chi connectivity index (χ4v) is 2.82. The number of hydrogen-bond acceptors (Lipinski definition) is 2. The van der Waals surface area contributed by atoms with Crippen LogP contribution in [-0.4, -0.2) is 30.2 Å². The zero-order valence-electron chi connectivity index (χ0n) is 11.5. The molecule has 2 nitrogen and oxygen atoms in total. The molecule has 0 aliphatic heterocycles. The van der Waals surface area contributed by atoms with E-state index in [1.807, 2.05) is 0 Å². The van der Waals surface area contributed by atoms with Crippen molar-refractivity contribution >= 4 is 10.8 Å². The number of rotatable bonds is 5. The van der Waals surface area contributed by atoms with Crippen molar-refractivity contribution < 1.29 is 5.11 Å². The van der Waals surface area contributed by atoms with Gasteiger partial charge in [-0.15, -0.1) is 0 Å². The summed E-state index contributed by atoms with van der Waals surface area (Å²) in [7, 11) is 2.14. The summed E-state index contributed by atoms with van der Waals surface area (Å²) in [5.74, 6) is 0. The van der Waals surface area contributed by atoms with Gasteiger partial charge < -0.3 is 10.0 Å². The van der Waals surface area contributed by atoms with E-state index in [2.05, 4.69) is 54.4 Å². The van der Waals surface area contributed by atoms with Crippen LogP contribution in [0.15, 0.2) is 42.5 Å². The smallest absolute Gasteiger partial charge is 0.0499 e. The fraction of sp³-hybridized carbons (Fsp3) is 0.412. The third-order valence-electron chi connectivity index (χ3n) is 4.16. The van der Waals surface area contributed by atoms with Crippen LogP contribution in [0.4, 0.5) is 0 Å². The predicted molar refractivity (Wildman–Crippen MR) is 79.0 cm³/mol. The minimum absolute atomic E-state index is 0.200. The molecule has 1 N–H and O–H groups in total. The maximum Gasteiger partial charge on any atom is 0.0499 e. The lowest BCUT2D eigenvalue weighted by atomic mass is 10.1. The zero-order valence-corrected chi connectivity index (χ0v) is 11.5. The molecular weight excluding hydrogens is 234 g/mol. The van der Waals surface area contributed by atoms with Crippen LogP contribution in [0.5, 0.6) is 0 Å². The number of aliphatic hydroxyl groups excluding tert-OH is 1. The van der Waals surface area contributed by atoms with Crippen molar-refractivity contribution in [3.05, 3.63) is 48.0 Å². The van der Waals surface area contributed by atoms with E-state index in [4.69, 9.17) is 0 Å². The second kappa shape index (κ2) is 4.95. The summed E-state index contributed by atoms with van der Waals surface area (Å²) < 4.78 is 0. The highest BCUT2D eigenvalue weighted by molar-refractivity contribution is 5.82. The molecule has 1 aliphatic rings. The van der Waals surface area contributed by atoms with Crippen molar-refractivity contribution in [1.29, 1.82) is 0 Å². The van der Waals surface area contributed by atoms with Gasteiger partial charge in [-0.1, -0.05) is 36.4 Å². The number of aliphatic hydroxyl groups is 1. The van der Waals surface area contributed by atoms with Gasteiger partial charge in [-0.25, -0.2) is 0 Å². The van der Waals surface area contributed by atoms with Crippen molar-refractivity contribution in [1.82, 2.24) is 4.90 Å². The van der Waals surface area contributed by atoms with Crippen molar-refractivity contribution in [3.63, 3.8) is 0 Å². The number of nitrogens with zero attached hydrogens (tertiary/aromatic N) is 1. The predicted octanol–water partition coefficient (Wildman–Crippen LogP) is 3.04. The normalized spacial score (nSPS) is 17.0. The standard InChI is InChI=1S/C17H21NO/c1-18(12-17(13-19)8-9-17)11-14-6-7-15-4-2-3-5-16(15)10-14/h2-7,10,19H,8-9,11-13H2,1H3. The van der Waals surface area contributed by atoms with E-state index in [-0.39, 0.29) is 5.41 Å². The van der Waals surface area contributed by atoms with Crippen molar-refractivity contribution in [2.45, 2.75) is 19.4 Å². The summed E-state index contributed by atoms with van der Waals surface area (Å²) >= 11 is 0. The third-order valence-corrected chi connectivity index (χ3v) is 4.16. The molecule has 3 rings (SSSR count). The number of fused-ring (bicyclic) bond motifs is 1. The molecule has 0 aromatic heterocycles. The summed E-state index contributed by atoms with van der Waals surface area (Å²) in [6.45, 7) is 2.28. The largest absolute Gasteiger partial charge is 0.396 e. The van der Waals surface area contributed by atoms with Crippen LogP contribution in [0.25, 0.3) is 10.8 Å². The molecule has 2 aromatic rings. The molecule has 1 fully saturated rings. The molecule has 100 valence electrons. The highest BCUT2D eigenvalue weighted by atomic mass is 16.3. The first-order chi connectivity index (χ1) is 9.21. The highest BCUT2D eigenvalue weighted by Crippen LogP contribution is 2.45. The van der Waals surface area contributed by atoms with E-state index in [1.54, 1.807) is 0 Å². The molecule has 1 saturated carbocycles. The molecule has 0 bridgehead atoms. The van der Waals surface area contributed by atoms with E-state index < -0.39 is 0 Å². The first-order valence-electron chi connectivity index (χ1n) is 6.98. The lowest BCUT2D eigenvalue weighted by Crippen LogP contribution is -2.28. The first-order valence-corrected chi connectivity index (χ1v) is 6.98.